The second-order valence-electron chi connectivity index (χ2n) is 3.98. The Morgan fingerprint density at radius 1 is 1.25 bits per heavy atom. The number of aromatic amines is 1. The van der Waals surface area contributed by atoms with Crippen LogP contribution in [0.3, 0.4) is 0 Å². The third kappa shape index (κ3) is 3.21. The van der Waals surface area contributed by atoms with Crippen molar-refractivity contribution in [1.29, 1.82) is 0 Å². The van der Waals surface area contributed by atoms with Crippen LogP contribution in [0.4, 0.5) is 8.78 Å². The molecule has 0 bridgehead atoms. The summed E-state index contributed by atoms with van der Waals surface area (Å²) in [4.78, 5) is 25.0. The molecule has 0 radical (unpaired) electrons. The third-order valence-corrected chi connectivity index (χ3v) is 2.85. The van der Waals surface area contributed by atoms with Crippen molar-refractivity contribution in [2.45, 2.75) is 6.54 Å². The summed E-state index contributed by atoms with van der Waals surface area (Å²) in [5.74, 6) is -2.04. The van der Waals surface area contributed by atoms with Crippen LogP contribution < -0.4 is 10.9 Å². The van der Waals surface area contributed by atoms with Gasteiger partial charge in [0, 0.05) is 6.54 Å². The van der Waals surface area contributed by atoms with Crippen LogP contribution in [-0.2, 0) is 6.54 Å². The molecule has 0 aliphatic carbocycles. The number of carbonyl (C=O) groups excluding carboxylic acids is 1. The first-order valence-corrected chi connectivity index (χ1v) is 5.96. The van der Waals surface area contributed by atoms with Gasteiger partial charge in [-0.15, -0.1) is 0 Å². The predicted molar refractivity (Wildman–Crippen MR) is 69.6 cm³/mol. The number of carbonyl (C=O) groups is 1. The zero-order chi connectivity index (χ0) is 14.7. The van der Waals surface area contributed by atoms with Crippen molar-refractivity contribution < 1.29 is 13.6 Å². The molecule has 104 valence electrons. The van der Waals surface area contributed by atoms with Gasteiger partial charge in [0.2, 0.25) is 0 Å². The molecule has 0 aliphatic rings. The Labute approximate surface area is 117 Å². The zero-order valence-electron chi connectivity index (χ0n) is 10.0. The molecule has 2 aromatic rings. The number of benzene rings is 1. The van der Waals surface area contributed by atoms with Crippen LogP contribution in [0.5, 0.6) is 0 Å². The van der Waals surface area contributed by atoms with Gasteiger partial charge in [-0.05, 0) is 29.8 Å². The molecule has 0 saturated heterocycles. The van der Waals surface area contributed by atoms with Gasteiger partial charge >= 0.3 is 0 Å². The van der Waals surface area contributed by atoms with Crippen molar-refractivity contribution in [3.05, 3.63) is 68.6 Å². The van der Waals surface area contributed by atoms with E-state index in [1.165, 1.54) is 18.2 Å². The Kier molecular flexibility index (Phi) is 4.14. The Bertz CT molecular complexity index is 716. The third-order valence-electron chi connectivity index (χ3n) is 2.56. The van der Waals surface area contributed by atoms with E-state index in [9.17, 15) is 18.4 Å². The SMILES string of the molecule is O=C(NCc1ccc(F)c(Cl)c1)c1ccc(F)[nH]c1=O. The molecule has 1 aromatic heterocycles. The summed E-state index contributed by atoms with van der Waals surface area (Å²) in [6.07, 6.45) is 0. The van der Waals surface area contributed by atoms with Crippen molar-refractivity contribution >= 4 is 17.5 Å². The number of amides is 1. The van der Waals surface area contributed by atoms with Gasteiger partial charge in [0.15, 0.2) is 5.95 Å². The van der Waals surface area contributed by atoms with E-state index in [0.29, 0.717) is 5.56 Å². The fourth-order valence-electron chi connectivity index (χ4n) is 1.56. The van der Waals surface area contributed by atoms with Crippen molar-refractivity contribution in [3.63, 3.8) is 0 Å². The molecule has 20 heavy (non-hydrogen) atoms. The predicted octanol–water partition coefficient (Wildman–Crippen LogP) is 2.24. The number of H-pyrrole nitrogens is 1. The summed E-state index contributed by atoms with van der Waals surface area (Å²) < 4.78 is 25.7. The number of pyridine rings is 1. The fourth-order valence-corrected chi connectivity index (χ4v) is 1.76. The van der Waals surface area contributed by atoms with Crippen LogP contribution in [0.1, 0.15) is 15.9 Å². The van der Waals surface area contributed by atoms with Gasteiger partial charge in [-0.25, -0.2) is 4.39 Å². The van der Waals surface area contributed by atoms with Crippen LogP contribution >= 0.6 is 11.6 Å². The number of hydrogen-bond donors (Lipinski definition) is 2. The van der Waals surface area contributed by atoms with Gasteiger partial charge in [0.05, 0.1) is 5.02 Å². The van der Waals surface area contributed by atoms with Gasteiger partial charge in [-0.1, -0.05) is 17.7 Å². The maximum atomic E-state index is 13.0. The summed E-state index contributed by atoms with van der Waals surface area (Å²) >= 11 is 5.60. The van der Waals surface area contributed by atoms with Crippen LogP contribution in [-0.4, -0.2) is 10.9 Å². The van der Waals surface area contributed by atoms with Crippen molar-refractivity contribution in [3.8, 4) is 0 Å². The van der Waals surface area contributed by atoms with E-state index < -0.39 is 23.2 Å². The molecule has 0 atom stereocenters. The summed E-state index contributed by atoms with van der Waals surface area (Å²) in [5, 5.41) is 2.40. The molecule has 0 unspecified atom stereocenters. The second kappa shape index (κ2) is 5.83. The van der Waals surface area contributed by atoms with E-state index in [1.807, 2.05) is 4.98 Å². The summed E-state index contributed by atoms with van der Waals surface area (Å²) in [6.45, 7) is 0.0651. The normalized spacial score (nSPS) is 10.3. The van der Waals surface area contributed by atoms with Crippen molar-refractivity contribution in [2.24, 2.45) is 0 Å². The Morgan fingerprint density at radius 3 is 2.65 bits per heavy atom. The molecule has 0 fully saturated rings. The van der Waals surface area contributed by atoms with Crippen LogP contribution in [0, 0.1) is 11.8 Å². The van der Waals surface area contributed by atoms with Crippen molar-refractivity contribution in [2.75, 3.05) is 0 Å². The summed E-state index contributed by atoms with van der Waals surface area (Å²) in [7, 11) is 0. The molecule has 0 spiro atoms. The highest BCUT2D eigenvalue weighted by atomic mass is 35.5. The smallest absolute Gasteiger partial charge is 0.262 e. The molecule has 2 N–H and O–H groups in total. The van der Waals surface area contributed by atoms with Gasteiger partial charge in [-0.2, -0.15) is 4.39 Å². The van der Waals surface area contributed by atoms with E-state index in [0.717, 1.165) is 12.1 Å². The number of nitrogens with one attached hydrogen (secondary N) is 2. The highest BCUT2D eigenvalue weighted by Crippen LogP contribution is 2.15. The average Bonchev–Trinajstić information content (AvgIpc) is 2.40. The fraction of sp³-hybridized carbons (Fsp3) is 0.0769. The van der Waals surface area contributed by atoms with Crippen LogP contribution in [0.15, 0.2) is 35.1 Å². The van der Waals surface area contributed by atoms with E-state index in [2.05, 4.69) is 5.32 Å². The summed E-state index contributed by atoms with van der Waals surface area (Å²) in [5.41, 5.74) is -0.456. The second-order valence-corrected chi connectivity index (χ2v) is 4.39. The topological polar surface area (TPSA) is 62.0 Å². The highest BCUT2D eigenvalue weighted by Gasteiger charge is 2.11. The minimum atomic E-state index is -0.822. The lowest BCUT2D eigenvalue weighted by molar-refractivity contribution is 0.0949. The highest BCUT2D eigenvalue weighted by molar-refractivity contribution is 6.30. The molecule has 1 aromatic carbocycles. The molecule has 0 aliphatic heterocycles. The molecule has 0 saturated carbocycles. The maximum Gasteiger partial charge on any atom is 0.262 e. The molecular weight excluding hydrogens is 290 g/mol. The monoisotopic (exact) mass is 298 g/mol. The average molecular weight is 299 g/mol. The summed E-state index contributed by atoms with van der Waals surface area (Å²) in [6, 6.07) is 6.06. The number of halogens is 3. The minimum absolute atomic E-state index is 0.0589. The van der Waals surface area contributed by atoms with Crippen LogP contribution in [0.2, 0.25) is 5.02 Å². The first-order chi connectivity index (χ1) is 9.47. The zero-order valence-corrected chi connectivity index (χ0v) is 10.8. The van der Waals surface area contributed by atoms with Gasteiger partial charge in [0.1, 0.15) is 11.4 Å². The first kappa shape index (κ1) is 14.2. The molecular formula is C13H9ClF2N2O2. The Balaban J connectivity index is 2.08. The van der Waals surface area contributed by atoms with Crippen LogP contribution in [0.25, 0.3) is 0 Å². The largest absolute Gasteiger partial charge is 0.348 e. The molecule has 2 rings (SSSR count). The standard InChI is InChI=1S/C13H9ClF2N2O2/c14-9-5-7(1-3-10(9)15)6-17-12(19)8-2-4-11(16)18-13(8)20/h1-5H,6H2,(H,17,19)(H,18,20). The molecule has 7 heteroatoms. The first-order valence-electron chi connectivity index (χ1n) is 5.58. The van der Waals surface area contributed by atoms with Crippen molar-refractivity contribution in [1.82, 2.24) is 10.3 Å². The lowest BCUT2D eigenvalue weighted by Crippen LogP contribution is -2.29. The van der Waals surface area contributed by atoms with Gasteiger partial charge in [-0.3, -0.25) is 14.6 Å². The number of rotatable bonds is 3. The minimum Gasteiger partial charge on any atom is -0.348 e. The molecule has 4 nitrogen and oxygen atoms in total. The van der Waals surface area contributed by atoms with E-state index in [4.69, 9.17) is 11.6 Å². The molecule has 1 amide bonds. The molecule has 1 heterocycles. The maximum absolute atomic E-state index is 13.0. The van der Waals surface area contributed by atoms with E-state index in [1.54, 1.807) is 0 Å². The Hall–Kier alpha value is -2.21. The lowest BCUT2D eigenvalue weighted by atomic mass is 10.2. The van der Waals surface area contributed by atoms with Gasteiger partial charge in [0.25, 0.3) is 11.5 Å². The lowest BCUT2D eigenvalue weighted by Gasteiger charge is -2.05. The number of aromatic nitrogens is 1. The van der Waals surface area contributed by atoms with E-state index in [-0.39, 0.29) is 17.1 Å². The number of hydrogen-bond acceptors (Lipinski definition) is 2. The van der Waals surface area contributed by atoms with E-state index >= 15 is 0 Å². The van der Waals surface area contributed by atoms with Gasteiger partial charge < -0.3 is 5.32 Å². The Morgan fingerprint density at radius 2 is 2.00 bits per heavy atom. The quantitative estimate of drug-likeness (QED) is 0.854.